The summed E-state index contributed by atoms with van der Waals surface area (Å²) in [6, 6.07) is 6.28. The van der Waals surface area contributed by atoms with Crippen molar-refractivity contribution in [2.45, 2.75) is 13.1 Å². The fraction of sp³-hybridized carbons (Fsp3) is 0.154. The Hall–Kier alpha value is -2.14. The molecule has 3 N–H and O–H groups in total. The van der Waals surface area contributed by atoms with Crippen LogP contribution in [-0.4, -0.2) is 5.91 Å². The van der Waals surface area contributed by atoms with E-state index in [2.05, 4.69) is 5.32 Å². The smallest absolute Gasteiger partial charge is 0.254 e. The van der Waals surface area contributed by atoms with Crippen LogP contribution in [0.3, 0.4) is 0 Å². The minimum Gasteiger partial charge on any atom is -0.472 e. The number of rotatable bonds is 4. The first kappa shape index (κ1) is 12.3. The Morgan fingerprint density at radius 1 is 1.39 bits per heavy atom. The average Bonchev–Trinajstić information content (AvgIpc) is 2.90. The molecule has 94 valence electrons. The van der Waals surface area contributed by atoms with E-state index in [0.29, 0.717) is 17.7 Å². The number of nitrogens with two attached hydrogens (primary N) is 1. The van der Waals surface area contributed by atoms with E-state index in [1.807, 2.05) is 0 Å². The van der Waals surface area contributed by atoms with Crippen LogP contribution in [0, 0.1) is 5.82 Å². The molecule has 2 aromatic rings. The zero-order chi connectivity index (χ0) is 13.0. The second-order valence-corrected chi connectivity index (χ2v) is 3.82. The lowest BCUT2D eigenvalue weighted by Gasteiger charge is -2.06. The minimum atomic E-state index is -0.370. The fourth-order valence-corrected chi connectivity index (χ4v) is 1.53. The van der Waals surface area contributed by atoms with Crippen LogP contribution >= 0.6 is 0 Å². The molecule has 1 amide bonds. The van der Waals surface area contributed by atoms with Crippen molar-refractivity contribution in [1.29, 1.82) is 0 Å². The molecule has 5 heteroatoms. The van der Waals surface area contributed by atoms with Crippen molar-refractivity contribution in [2.24, 2.45) is 5.73 Å². The molecule has 0 bridgehead atoms. The Morgan fingerprint density at radius 2 is 2.22 bits per heavy atom. The number of carbonyl (C=O) groups is 1. The normalized spacial score (nSPS) is 10.3. The molecule has 0 atom stereocenters. The van der Waals surface area contributed by atoms with Gasteiger partial charge in [-0.3, -0.25) is 4.79 Å². The van der Waals surface area contributed by atoms with Crippen LogP contribution in [0.5, 0.6) is 0 Å². The first-order valence-corrected chi connectivity index (χ1v) is 5.48. The van der Waals surface area contributed by atoms with Gasteiger partial charge in [0.25, 0.3) is 5.91 Å². The molecular formula is C13H13FN2O2. The predicted octanol–water partition coefficient (Wildman–Crippen LogP) is 1.81. The Kier molecular flexibility index (Phi) is 3.74. The molecule has 0 saturated carbocycles. The van der Waals surface area contributed by atoms with E-state index < -0.39 is 0 Å². The van der Waals surface area contributed by atoms with Gasteiger partial charge in [-0.2, -0.15) is 0 Å². The maximum atomic E-state index is 13.6. The summed E-state index contributed by atoms with van der Waals surface area (Å²) in [6.07, 6.45) is 2.74. The predicted molar refractivity (Wildman–Crippen MR) is 64.2 cm³/mol. The first-order chi connectivity index (χ1) is 8.70. The number of furan rings is 1. The molecule has 0 fully saturated rings. The number of hydrogen-bond donors (Lipinski definition) is 2. The number of nitrogens with one attached hydrogen (secondary N) is 1. The topological polar surface area (TPSA) is 68.3 Å². The number of carbonyl (C=O) groups excluding carboxylic acids is 1. The standard InChI is InChI=1S/C13H13FN2O2/c14-12-5-9(6-15)1-2-10(12)7-16-13(17)11-3-4-18-8-11/h1-5,8H,6-7,15H2,(H,16,17). The summed E-state index contributed by atoms with van der Waals surface area (Å²) in [6.45, 7) is 0.416. The first-order valence-electron chi connectivity index (χ1n) is 5.48. The van der Waals surface area contributed by atoms with Crippen molar-refractivity contribution in [3.05, 3.63) is 59.3 Å². The molecule has 4 nitrogen and oxygen atoms in total. The molecule has 0 aliphatic rings. The number of halogens is 1. The van der Waals surface area contributed by atoms with Crippen molar-refractivity contribution < 1.29 is 13.6 Å². The van der Waals surface area contributed by atoms with E-state index in [1.54, 1.807) is 18.2 Å². The molecule has 0 aliphatic carbocycles. The highest BCUT2D eigenvalue weighted by Crippen LogP contribution is 2.10. The van der Waals surface area contributed by atoms with Crippen molar-refractivity contribution >= 4 is 5.91 Å². The van der Waals surface area contributed by atoms with Gasteiger partial charge in [-0.25, -0.2) is 4.39 Å². The van der Waals surface area contributed by atoms with E-state index in [0.717, 1.165) is 5.56 Å². The maximum Gasteiger partial charge on any atom is 0.254 e. The molecule has 0 saturated heterocycles. The van der Waals surface area contributed by atoms with Crippen molar-refractivity contribution in [3.63, 3.8) is 0 Å². The number of amides is 1. The van der Waals surface area contributed by atoms with Gasteiger partial charge in [-0.1, -0.05) is 12.1 Å². The van der Waals surface area contributed by atoms with Gasteiger partial charge in [0.15, 0.2) is 0 Å². The van der Waals surface area contributed by atoms with E-state index in [9.17, 15) is 9.18 Å². The third kappa shape index (κ3) is 2.75. The van der Waals surface area contributed by atoms with Gasteiger partial charge in [0.2, 0.25) is 0 Å². The Labute approximate surface area is 104 Å². The van der Waals surface area contributed by atoms with Crippen molar-refractivity contribution in [2.75, 3.05) is 0 Å². The lowest BCUT2D eigenvalue weighted by Crippen LogP contribution is -2.22. The molecule has 1 heterocycles. The van der Waals surface area contributed by atoms with Gasteiger partial charge < -0.3 is 15.5 Å². The summed E-state index contributed by atoms with van der Waals surface area (Å²) in [5.74, 6) is -0.670. The summed E-state index contributed by atoms with van der Waals surface area (Å²) in [4.78, 5) is 11.6. The summed E-state index contributed by atoms with van der Waals surface area (Å²) < 4.78 is 18.4. The van der Waals surface area contributed by atoms with Crippen molar-refractivity contribution in [3.8, 4) is 0 Å². The minimum absolute atomic E-state index is 0.126. The highest BCUT2D eigenvalue weighted by molar-refractivity contribution is 5.93. The second kappa shape index (κ2) is 5.46. The third-order valence-electron chi connectivity index (χ3n) is 2.58. The molecule has 1 aromatic heterocycles. The van der Waals surface area contributed by atoms with Gasteiger partial charge in [0.1, 0.15) is 12.1 Å². The molecule has 0 radical (unpaired) electrons. The Balaban J connectivity index is 2.00. The largest absolute Gasteiger partial charge is 0.472 e. The fourth-order valence-electron chi connectivity index (χ4n) is 1.53. The lowest BCUT2D eigenvalue weighted by molar-refractivity contribution is 0.0950. The third-order valence-corrected chi connectivity index (χ3v) is 2.58. The summed E-state index contributed by atoms with van der Waals surface area (Å²) >= 11 is 0. The molecular weight excluding hydrogens is 235 g/mol. The quantitative estimate of drug-likeness (QED) is 0.867. The van der Waals surface area contributed by atoms with E-state index in [4.69, 9.17) is 10.2 Å². The van der Waals surface area contributed by atoms with E-state index >= 15 is 0 Å². The molecule has 18 heavy (non-hydrogen) atoms. The highest BCUT2D eigenvalue weighted by atomic mass is 19.1. The Bertz CT molecular complexity index is 538. The monoisotopic (exact) mass is 248 g/mol. The van der Waals surface area contributed by atoms with Gasteiger partial charge in [0, 0.05) is 18.7 Å². The summed E-state index contributed by atoms with van der Waals surface area (Å²) in [5.41, 5.74) is 6.96. The van der Waals surface area contributed by atoms with Gasteiger partial charge >= 0.3 is 0 Å². The van der Waals surface area contributed by atoms with Crippen LogP contribution in [-0.2, 0) is 13.1 Å². The van der Waals surface area contributed by atoms with Crippen LogP contribution in [0.15, 0.2) is 41.2 Å². The van der Waals surface area contributed by atoms with Crippen LogP contribution < -0.4 is 11.1 Å². The van der Waals surface area contributed by atoms with Gasteiger partial charge in [0.05, 0.1) is 11.8 Å². The molecule has 0 unspecified atom stereocenters. The zero-order valence-corrected chi connectivity index (χ0v) is 9.65. The number of hydrogen-bond acceptors (Lipinski definition) is 3. The molecule has 0 aliphatic heterocycles. The van der Waals surface area contributed by atoms with Gasteiger partial charge in [-0.15, -0.1) is 0 Å². The van der Waals surface area contributed by atoms with Crippen LogP contribution in [0.1, 0.15) is 21.5 Å². The van der Waals surface area contributed by atoms with Gasteiger partial charge in [-0.05, 0) is 17.7 Å². The zero-order valence-electron chi connectivity index (χ0n) is 9.65. The van der Waals surface area contributed by atoms with E-state index in [1.165, 1.54) is 18.6 Å². The van der Waals surface area contributed by atoms with Crippen LogP contribution in [0.2, 0.25) is 0 Å². The summed E-state index contributed by atoms with van der Waals surface area (Å²) in [5, 5.41) is 2.61. The van der Waals surface area contributed by atoms with Crippen LogP contribution in [0.25, 0.3) is 0 Å². The van der Waals surface area contributed by atoms with E-state index in [-0.39, 0.29) is 18.3 Å². The van der Waals surface area contributed by atoms with Crippen LogP contribution in [0.4, 0.5) is 4.39 Å². The maximum absolute atomic E-state index is 13.6. The highest BCUT2D eigenvalue weighted by Gasteiger charge is 2.08. The Morgan fingerprint density at radius 3 is 2.83 bits per heavy atom. The lowest BCUT2D eigenvalue weighted by atomic mass is 10.1. The van der Waals surface area contributed by atoms with Crippen molar-refractivity contribution in [1.82, 2.24) is 5.32 Å². The average molecular weight is 248 g/mol. The summed E-state index contributed by atoms with van der Waals surface area (Å²) in [7, 11) is 0. The number of benzene rings is 1. The SMILES string of the molecule is NCc1ccc(CNC(=O)c2ccoc2)c(F)c1. The molecule has 1 aromatic carbocycles. The molecule has 2 rings (SSSR count). The second-order valence-electron chi connectivity index (χ2n) is 3.82. The molecule has 0 spiro atoms.